The van der Waals surface area contributed by atoms with Gasteiger partial charge < -0.3 is 9.84 Å². The van der Waals surface area contributed by atoms with Gasteiger partial charge in [0.05, 0.1) is 18.4 Å². The van der Waals surface area contributed by atoms with Crippen LogP contribution in [-0.2, 0) is 19.6 Å². The zero-order chi connectivity index (χ0) is 13.8. The van der Waals surface area contributed by atoms with E-state index in [0.717, 1.165) is 11.3 Å². The number of nitrogens with zero attached hydrogens (tertiary/aromatic N) is 1. The Bertz CT molecular complexity index is 509. The van der Waals surface area contributed by atoms with Gasteiger partial charge in [0.15, 0.2) is 10.9 Å². The fourth-order valence-electron chi connectivity index (χ4n) is 1.05. The van der Waals surface area contributed by atoms with Crippen molar-refractivity contribution in [1.82, 2.24) is 4.98 Å². The van der Waals surface area contributed by atoms with Gasteiger partial charge in [0, 0.05) is 5.38 Å². The number of ether oxygens (including phenoxy) is 1. The third-order valence-electron chi connectivity index (χ3n) is 1.81. The molecule has 1 rings (SSSR count). The van der Waals surface area contributed by atoms with Crippen LogP contribution in [0.5, 0.6) is 0 Å². The van der Waals surface area contributed by atoms with E-state index in [9.17, 15) is 18.3 Å². The highest BCUT2D eigenvalue weighted by atomic mass is 32.2. The lowest BCUT2D eigenvalue weighted by Crippen LogP contribution is -2.24. The van der Waals surface area contributed by atoms with E-state index in [-0.39, 0.29) is 11.7 Å². The van der Waals surface area contributed by atoms with Crippen LogP contribution in [0.2, 0.25) is 0 Å². The Kier molecular flexibility index (Phi) is 5.05. The number of hydrogen-bond acceptors (Lipinski definition) is 7. The quantitative estimate of drug-likeness (QED) is 0.740. The van der Waals surface area contributed by atoms with Crippen LogP contribution in [-0.4, -0.2) is 36.8 Å². The fourth-order valence-corrected chi connectivity index (χ4v) is 3.04. The second-order valence-electron chi connectivity index (χ2n) is 3.42. The molecule has 0 fully saturated rings. The largest absolute Gasteiger partial charge is 0.465 e. The molecule has 0 aliphatic carbocycles. The number of nitrogens with one attached hydrogen (secondary N) is 1. The zero-order valence-electron chi connectivity index (χ0n) is 9.91. The third-order valence-corrected chi connectivity index (χ3v) is 3.83. The number of aromatic nitrogens is 1. The number of aliphatic hydroxyl groups is 1. The maximum atomic E-state index is 11.6. The van der Waals surface area contributed by atoms with Crippen LogP contribution in [0.15, 0.2) is 5.38 Å². The van der Waals surface area contributed by atoms with Crippen molar-refractivity contribution in [2.24, 2.45) is 0 Å². The second kappa shape index (κ2) is 6.12. The summed E-state index contributed by atoms with van der Waals surface area (Å²) in [6.07, 6.45) is -0.774. The summed E-state index contributed by atoms with van der Waals surface area (Å²) < 4.78 is 29.8. The lowest BCUT2D eigenvalue weighted by atomic mass is 10.3. The van der Waals surface area contributed by atoms with Crippen molar-refractivity contribution >= 4 is 32.5 Å². The topological polar surface area (TPSA) is 106 Å². The van der Waals surface area contributed by atoms with Crippen molar-refractivity contribution < 1.29 is 23.1 Å². The molecule has 18 heavy (non-hydrogen) atoms. The van der Waals surface area contributed by atoms with Gasteiger partial charge in [0.1, 0.15) is 0 Å². The molecule has 0 aliphatic heterocycles. The number of esters is 1. The van der Waals surface area contributed by atoms with Gasteiger partial charge >= 0.3 is 5.97 Å². The van der Waals surface area contributed by atoms with Gasteiger partial charge in [-0.3, -0.25) is 9.52 Å². The lowest BCUT2D eigenvalue weighted by molar-refractivity contribution is -0.139. The van der Waals surface area contributed by atoms with E-state index in [0.29, 0.717) is 5.69 Å². The number of hydrogen-bond donors (Lipinski definition) is 2. The molecule has 1 atom stereocenters. The molecule has 0 aromatic carbocycles. The van der Waals surface area contributed by atoms with Crippen molar-refractivity contribution in [2.75, 3.05) is 17.1 Å². The molecule has 1 unspecified atom stereocenters. The predicted octanol–water partition coefficient (Wildman–Crippen LogP) is 0.501. The molecular formula is C9H14N2O5S2. The van der Waals surface area contributed by atoms with E-state index in [1.807, 2.05) is 0 Å². The summed E-state index contributed by atoms with van der Waals surface area (Å²) in [6.45, 7) is 3.23. The van der Waals surface area contributed by atoms with Gasteiger partial charge in [0.2, 0.25) is 10.0 Å². The van der Waals surface area contributed by atoms with Gasteiger partial charge in [-0.05, 0) is 13.8 Å². The Morgan fingerprint density at radius 3 is 2.83 bits per heavy atom. The highest BCUT2D eigenvalue weighted by molar-refractivity contribution is 7.93. The fraction of sp³-hybridized carbons (Fsp3) is 0.556. The molecule has 0 spiro atoms. The van der Waals surface area contributed by atoms with Crippen LogP contribution in [0.3, 0.4) is 0 Å². The summed E-state index contributed by atoms with van der Waals surface area (Å²) in [6, 6.07) is 0. The van der Waals surface area contributed by atoms with E-state index >= 15 is 0 Å². The van der Waals surface area contributed by atoms with Gasteiger partial charge in [-0.15, -0.1) is 11.3 Å². The number of rotatable bonds is 6. The maximum Gasteiger partial charge on any atom is 0.323 e. The third kappa shape index (κ3) is 4.59. The summed E-state index contributed by atoms with van der Waals surface area (Å²) in [5.74, 6) is -1.58. The number of aliphatic hydroxyl groups excluding tert-OH is 1. The summed E-state index contributed by atoms with van der Waals surface area (Å²) in [4.78, 5) is 14.9. The molecule has 9 heteroatoms. The average Bonchev–Trinajstić information content (AvgIpc) is 2.64. The van der Waals surface area contributed by atoms with Crippen molar-refractivity contribution in [3.8, 4) is 0 Å². The molecule has 0 saturated carbocycles. The summed E-state index contributed by atoms with van der Waals surface area (Å²) in [7, 11) is -3.83. The molecule has 1 aromatic heterocycles. The van der Waals surface area contributed by atoms with Crippen molar-refractivity contribution in [2.45, 2.75) is 20.0 Å². The molecule has 1 aromatic rings. The minimum Gasteiger partial charge on any atom is -0.465 e. The monoisotopic (exact) mass is 294 g/mol. The predicted molar refractivity (Wildman–Crippen MR) is 66.8 cm³/mol. The minimum absolute atomic E-state index is 0.107. The standard InChI is InChI=1S/C9H14N2O5S2/c1-3-16-8(13)5-18(14,15)11-9-10-7(4-17-9)6(2)12/h4,6,12H,3,5H2,1-2H3,(H,10,11). The van der Waals surface area contributed by atoms with Crippen LogP contribution in [0.1, 0.15) is 25.6 Å². The molecule has 102 valence electrons. The van der Waals surface area contributed by atoms with Crippen LogP contribution in [0.25, 0.3) is 0 Å². The first-order valence-electron chi connectivity index (χ1n) is 5.13. The molecule has 0 bridgehead atoms. The van der Waals surface area contributed by atoms with Crippen molar-refractivity contribution in [1.29, 1.82) is 0 Å². The Labute approximate surface area is 109 Å². The zero-order valence-corrected chi connectivity index (χ0v) is 11.5. The van der Waals surface area contributed by atoms with E-state index in [1.54, 1.807) is 6.92 Å². The lowest BCUT2D eigenvalue weighted by Gasteiger charge is -2.04. The smallest absolute Gasteiger partial charge is 0.323 e. The normalized spacial score (nSPS) is 13.1. The summed E-state index contributed by atoms with van der Waals surface area (Å²) in [5, 5.41) is 10.9. The first-order valence-corrected chi connectivity index (χ1v) is 7.67. The van der Waals surface area contributed by atoms with E-state index in [2.05, 4.69) is 14.4 Å². The molecule has 0 aliphatic rings. The van der Waals surface area contributed by atoms with Crippen LogP contribution < -0.4 is 4.72 Å². The number of thiazole rings is 1. The van der Waals surface area contributed by atoms with Crippen LogP contribution in [0.4, 0.5) is 5.13 Å². The number of carbonyl (C=O) groups excluding carboxylic acids is 1. The number of sulfonamides is 1. The summed E-state index contributed by atoms with van der Waals surface area (Å²) in [5.41, 5.74) is 0.369. The number of carbonyl (C=O) groups is 1. The minimum atomic E-state index is -3.83. The first-order chi connectivity index (χ1) is 8.34. The SMILES string of the molecule is CCOC(=O)CS(=O)(=O)Nc1nc(C(C)O)cs1. The Morgan fingerprint density at radius 1 is 1.67 bits per heavy atom. The van der Waals surface area contributed by atoms with E-state index in [1.165, 1.54) is 12.3 Å². The van der Waals surface area contributed by atoms with E-state index in [4.69, 9.17) is 0 Å². The molecular weight excluding hydrogens is 280 g/mol. The molecule has 0 saturated heterocycles. The van der Waals surface area contributed by atoms with E-state index < -0.39 is 27.8 Å². The Balaban J connectivity index is 2.67. The van der Waals surface area contributed by atoms with Crippen LogP contribution in [0, 0.1) is 0 Å². The molecule has 2 N–H and O–H groups in total. The number of anilines is 1. The molecule has 7 nitrogen and oxygen atoms in total. The maximum absolute atomic E-state index is 11.6. The second-order valence-corrected chi connectivity index (χ2v) is 6.00. The van der Waals surface area contributed by atoms with Gasteiger partial charge in [-0.1, -0.05) is 0 Å². The highest BCUT2D eigenvalue weighted by Gasteiger charge is 2.19. The van der Waals surface area contributed by atoms with Gasteiger partial charge in [-0.2, -0.15) is 0 Å². The Morgan fingerprint density at radius 2 is 2.33 bits per heavy atom. The average molecular weight is 294 g/mol. The van der Waals surface area contributed by atoms with Crippen molar-refractivity contribution in [3.05, 3.63) is 11.1 Å². The molecule has 0 amide bonds. The first kappa shape index (κ1) is 14.9. The van der Waals surface area contributed by atoms with Gasteiger partial charge in [0.25, 0.3) is 0 Å². The summed E-state index contributed by atoms with van der Waals surface area (Å²) >= 11 is 1.03. The highest BCUT2D eigenvalue weighted by Crippen LogP contribution is 2.21. The van der Waals surface area contributed by atoms with Crippen LogP contribution >= 0.6 is 11.3 Å². The Hall–Kier alpha value is -1.19. The molecule has 1 heterocycles. The molecule has 0 radical (unpaired) electrons. The van der Waals surface area contributed by atoms with Crippen molar-refractivity contribution in [3.63, 3.8) is 0 Å². The van der Waals surface area contributed by atoms with Gasteiger partial charge in [-0.25, -0.2) is 13.4 Å².